The molecule has 0 aliphatic heterocycles. The summed E-state index contributed by atoms with van der Waals surface area (Å²) in [7, 11) is 0. The van der Waals surface area contributed by atoms with Crippen LogP contribution in [0.3, 0.4) is 0 Å². The van der Waals surface area contributed by atoms with Gasteiger partial charge < -0.3 is 0 Å². The maximum atomic E-state index is 5.92. The van der Waals surface area contributed by atoms with Gasteiger partial charge in [-0.05, 0) is 17.1 Å². The van der Waals surface area contributed by atoms with E-state index in [1.165, 1.54) is 11.5 Å². The van der Waals surface area contributed by atoms with Crippen LogP contribution in [0.25, 0.3) is 10.4 Å². The van der Waals surface area contributed by atoms with E-state index in [2.05, 4.69) is 4.37 Å². The molecule has 3 heteroatoms. The molecule has 0 amide bonds. The third-order valence-electron chi connectivity index (χ3n) is 1.56. The second kappa shape index (κ2) is 3.25. The van der Waals surface area contributed by atoms with Crippen molar-refractivity contribution in [3.05, 3.63) is 41.6 Å². The van der Waals surface area contributed by atoms with Crippen molar-refractivity contribution in [2.24, 2.45) is 0 Å². The van der Waals surface area contributed by atoms with Crippen LogP contribution in [0.15, 0.2) is 36.5 Å². The third kappa shape index (κ3) is 1.36. The van der Waals surface area contributed by atoms with Gasteiger partial charge in [-0.15, -0.1) is 0 Å². The lowest BCUT2D eigenvalue weighted by Crippen LogP contribution is -1.69. The SMILES string of the molecule is Clc1cnsc1-c1ccccc1. The summed E-state index contributed by atoms with van der Waals surface area (Å²) in [6.45, 7) is 0. The normalized spacial score (nSPS) is 10.1. The fraction of sp³-hybridized carbons (Fsp3) is 0. The standard InChI is InChI=1S/C9H6ClNS/c10-8-6-11-12-9(8)7-4-2-1-3-5-7/h1-6H. The van der Waals surface area contributed by atoms with Crippen LogP contribution in [0.1, 0.15) is 0 Å². The number of benzene rings is 1. The Morgan fingerprint density at radius 3 is 2.50 bits per heavy atom. The topological polar surface area (TPSA) is 12.9 Å². The first-order chi connectivity index (χ1) is 5.88. The molecule has 12 heavy (non-hydrogen) atoms. The van der Waals surface area contributed by atoms with E-state index < -0.39 is 0 Å². The van der Waals surface area contributed by atoms with Crippen LogP contribution in [-0.2, 0) is 0 Å². The van der Waals surface area contributed by atoms with Crippen LogP contribution in [0, 0.1) is 0 Å². The highest BCUT2D eigenvalue weighted by Gasteiger charge is 2.03. The highest BCUT2D eigenvalue weighted by molar-refractivity contribution is 7.10. The molecule has 0 aliphatic rings. The first kappa shape index (κ1) is 7.77. The Morgan fingerprint density at radius 1 is 1.17 bits per heavy atom. The highest BCUT2D eigenvalue weighted by Crippen LogP contribution is 2.30. The molecule has 0 spiro atoms. The molecule has 60 valence electrons. The molecule has 0 radical (unpaired) electrons. The molecule has 1 nitrogen and oxygen atoms in total. The Morgan fingerprint density at radius 2 is 1.92 bits per heavy atom. The minimum Gasteiger partial charge on any atom is -0.199 e. The lowest BCUT2D eigenvalue weighted by atomic mass is 10.2. The van der Waals surface area contributed by atoms with Gasteiger partial charge in [0.15, 0.2) is 0 Å². The molecule has 0 atom stereocenters. The maximum absolute atomic E-state index is 5.92. The van der Waals surface area contributed by atoms with Crippen molar-refractivity contribution >= 4 is 23.1 Å². The summed E-state index contributed by atoms with van der Waals surface area (Å²) >= 11 is 7.34. The molecule has 1 heterocycles. The Labute approximate surface area is 79.8 Å². The molecule has 0 unspecified atom stereocenters. The van der Waals surface area contributed by atoms with E-state index in [-0.39, 0.29) is 0 Å². The Bertz CT molecular complexity index is 369. The molecular weight excluding hydrogens is 190 g/mol. The highest BCUT2D eigenvalue weighted by atomic mass is 35.5. The Kier molecular flexibility index (Phi) is 2.11. The first-order valence-corrected chi connectivity index (χ1v) is 4.68. The zero-order chi connectivity index (χ0) is 8.39. The van der Waals surface area contributed by atoms with Crippen LogP contribution in [0.2, 0.25) is 5.02 Å². The van der Waals surface area contributed by atoms with Crippen molar-refractivity contribution in [3.8, 4) is 10.4 Å². The summed E-state index contributed by atoms with van der Waals surface area (Å²) in [4.78, 5) is 1.04. The number of hydrogen-bond acceptors (Lipinski definition) is 2. The molecule has 0 bridgehead atoms. The van der Waals surface area contributed by atoms with Crippen molar-refractivity contribution in [3.63, 3.8) is 0 Å². The predicted octanol–water partition coefficient (Wildman–Crippen LogP) is 3.46. The number of hydrogen-bond donors (Lipinski definition) is 0. The predicted molar refractivity (Wildman–Crippen MR) is 52.6 cm³/mol. The van der Waals surface area contributed by atoms with Crippen LogP contribution >= 0.6 is 23.1 Å². The summed E-state index contributed by atoms with van der Waals surface area (Å²) in [5.74, 6) is 0. The Hall–Kier alpha value is -0.860. The molecule has 0 N–H and O–H groups in total. The quantitative estimate of drug-likeness (QED) is 0.679. The van der Waals surface area contributed by atoms with Gasteiger partial charge in [0.2, 0.25) is 0 Å². The number of halogens is 1. The monoisotopic (exact) mass is 195 g/mol. The van der Waals surface area contributed by atoms with E-state index >= 15 is 0 Å². The summed E-state index contributed by atoms with van der Waals surface area (Å²) < 4.78 is 4.01. The lowest BCUT2D eigenvalue weighted by Gasteiger charge is -1.94. The van der Waals surface area contributed by atoms with E-state index in [1.54, 1.807) is 6.20 Å². The molecule has 1 aromatic carbocycles. The molecule has 2 rings (SSSR count). The Balaban J connectivity index is 2.51. The largest absolute Gasteiger partial charge is 0.199 e. The van der Waals surface area contributed by atoms with Crippen LogP contribution < -0.4 is 0 Å². The molecule has 0 aliphatic carbocycles. The van der Waals surface area contributed by atoms with Crippen molar-refractivity contribution in [2.75, 3.05) is 0 Å². The van der Waals surface area contributed by atoms with Gasteiger partial charge in [0, 0.05) is 0 Å². The number of rotatable bonds is 1. The number of aromatic nitrogens is 1. The fourth-order valence-electron chi connectivity index (χ4n) is 1.01. The zero-order valence-corrected chi connectivity index (χ0v) is 7.77. The van der Waals surface area contributed by atoms with Gasteiger partial charge in [-0.2, -0.15) is 4.37 Å². The van der Waals surface area contributed by atoms with E-state index in [1.807, 2.05) is 30.3 Å². The molecular formula is C9H6ClNS. The van der Waals surface area contributed by atoms with Gasteiger partial charge in [-0.3, -0.25) is 0 Å². The average Bonchev–Trinajstić information content (AvgIpc) is 2.53. The molecule has 2 aromatic rings. The summed E-state index contributed by atoms with van der Waals surface area (Å²) in [5.41, 5.74) is 1.13. The van der Waals surface area contributed by atoms with Gasteiger partial charge in [0.05, 0.1) is 16.1 Å². The van der Waals surface area contributed by atoms with Crippen LogP contribution in [0.4, 0.5) is 0 Å². The minimum atomic E-state index is 0.728. The van der Waals surface area contributed by atoms with E-state index in [4.69, 9.17) is 11.6 Å². The van der Waals surface area contributed by atoms with Crippen molar-refractivity contribution < 1.29 is 0 Å². The van der Waals surface area contributed by atoms with Gasteiger partial charge in [0.25, 0.3) is 0 Å². The fourth-order valence-corrected chi connectivity index (χ4v) is 1.97. The molecule has 0 fully saturated rings. The second-order valence-electron chi connectivity index (χ2n) is 2.37. The first-order valence-electron chi connectivity index (χ1n) is 3.53. The third-order valence-corrected chi connectivity index (χ3v) is 2.81. The van der Waals surface area contributed by atoms with Gasteiger partial charge >= 0.3 is 0 Å². The lowest BCUT2D eigenvalue weighted by molar-refractivity contribution is 1.58. The van der Waals surface area contributed by atoms with Crippen molar-refractivity contribution in [1.29, 1.82) is 0 Å². The summed E-state index contributed by atoms with van der Waals surface area (Å²) in [5, 5.41) is 0.728. The maximum Gasteiger partial charge on any atom is 0.0793 e. The van der Waals surface area contributed by atoms with Gasteiger partial charge in [0.1, 0.15) is 0 Å². The second-order valence-corrected chi connectivity index (χ2v) is 3.58. The van der Waals surface area contributed by atoms with Crippen LogP contribution in [0.5, 0.6) is 0 Å². The number of nitrogens with zero attached hydrogens (tertiary/aromatic N) is 1. The smallest absolute Gasteiger partial charge is 0.0793 e. The summed E-state index contributed by atoms with van der Waals surface area (Å²) in [6.07, 6.45) is 1.68. The average molecular weight is 196 g/mol. The van der Waals surface area contributed by atoms with Gasteiger partial charge in [-0.25, -0.2) is 0 Å². The van der Waals surface area contributed by atoms with Crippen LogP contribution in [-0.4, -0.2) is 4.37 Å². The molecule has 1 aromatic heterocycles. The van der Waals surface area contributed by atoms with Crippen molar-refractivity contribution in [2.45, 2.75) is 0 Å². The summed E-state index contributed by atoms with van der Waals surface area (Å²) in [6, 6.07) is 10.0. The van der Waals surface area contributed by atoms with E-state index in [0.29, 0.717) is 0 Å². The molecule has 0 saturated heterocycles. The van der Waals surface area contributed by atoms with E-state index in [9.17, 15) is 0 Å². The van der Waals surface area contributed by atoms with E-state index in [0.717, 1.165) is 15.5 Å². The molecule has 0 saturated carbocycles. The van der Waals surface area contributed by atoms with Crippen molar-refractivity contribution in [1.82, 2.24) is 4.37 Å². The van der Waals surface area contributed by atoms with Gasteiger partial charge in [-0.1, -0.05) is 41.9 Å². The minimum absolute atomic E-state index is 0.728. The zero-order valence-electron chi connectivity index (χ0n) is 6.20.